The van der Waals surface area contributed by atoms with E-state index in [4.69, 9.17) is 42.0 Å². The molecule has 0 unspecified atom stereocenters. The van der Waals surface area contributed by atoms with Gasteiger partial charge in [0.1, 0.15) is 0 Å². The van der Waals surface area contributed by atoms with Crippen LogP contribution in [0.3, 0.4) is 0 Å². The maximum absolute atomic E-state index is 11.1. The third kappa shape index (κ3) is 21.1. The molecule has 408 valence electrons. The van der Waals surface area contributed by atoms with E-state index >= 15 is 0 Å². The Morgan fingerprint density at radius 1 is 0.514 bits per heavy atom. The first-order valence-electron chi connectivity index (χ1n) is 23.2. The van der Waals surface area contributed by atoms with Gasteiger partial charge in [-0.3, -0.25) is 20.2 Å². The summed E-state index contributed by atoms with van der Waals surface area (Å²) in [6, 6.07) is 0. The topological polar surface area (TPSA) is 315 Å². The van der Waals surface area contributed by atoms with Gasteiger partial charge < -0.3 is 79.9 Å². The first-order chi connectivity index (χ1) is 34.1. The van der Waals surface area contributed by atoms with E-state index in [9.17, 15) is 20.2 Å². The second-order valence-electron chi connectivity index (χ2n) is 16.4. The molecule has 3 aliphatic heterocycles. The highest BCUT2D eigenvalue weighted by Crippen LogP contribution is 2.35. The molecule has 6 N–H and O–H groups in total. The summed E-state index contributed by atoms with van der Waals surface area (Å²) in [5.74, 6) is 0.691. The molecular weight excluding hydrogens is 964 g/mol. The molecular formula is C43H79ClN18O10. The van der Waals surface area contributed by atoms with Crippen LogP contribution < -0.4 is 50.5 Å². The van der Waals surface area contributed by atoms with Gasteiger partial charge in [0.15, 0.2) is 5.69 Å². The van der Waals surface area contributed by atoms with Crippen LogP contribution in [0.2, 0.25) is 5.28 Å². The van der Waals surface area contributed by atoms with Crippen LogP contribution in [0.4, 0.5) is 29.0 Å². The van der Waals surface area contributed by atoms with Crippen LogP contribution >= 0.6 is 11.6 Å². The number of nitro groups is 2. The monoisotopic (exact) mass is 1040 g/mol. The van der Waals surface area contributed by atoms with Crippen LogP contribution in [0, 0.1) is 20.2 Å². The number of methoxy groups -OCH3 is 6. The molecule has 0 atom stereocenters. The van der Waals surface area contributed by atoms with Crippen LogP contribution in [0.5, 0.6) is 35.3 Å². The summed E-state index contributed by atoms with van der Waals surface area (Å²) in [5, 5.41) is 27.7. The lowest BCUT2D eigenvalue weighted by atomic mass is 10.3. The number of nitrogens with one attached hydrogen (secondary N) is 2. The minimum absolute atomic E-state index is 0. The molecule has 0 amide bonds. The molecule has 0 saturated carbocycles. The Morgan fingerprint density at radius 2 is 0.792 bits per heavy atom. The second kappa shape index (κ2) is 33.8. The summed E-state index contributed by atoms with van der Waals surface area (Å²) in [6.07, 6.45) is 3.10. The molecule has 3 aromatic rings. The van der Waals surface area contributed by atoms with Crippen molar-refractivity contribution in [2.45, 2.75) is 26.7 Å². The van der Waals surface area contributed by atoms with Crippen molar-refractivity contribution < 1.29 is 38.3 Å². The van der Waals surface area contributed by atoms with Gasteiger partial charge in [0, 0.05) is 91.6 Å². The summed E-state index contributed by atoms with van der Waals surface area (Å²) in [7, 11) is 14.7. The molecule has 6 heterocycles. The Balaban J connectivity index is 0.000000341. The summed E-state index contributed by atoms with van der Waals surface area (Å²) in [6.45, 7) is 19.3. The van der Waals surface area contributed by atoms with Gasteiger partial charge in [-0.2, -0.15) is 29.9 Å². The van der Waals surface area contributed by atoms with Crippen molar-refractivity contribution in [1.82, 2.24) is 59.3 Å². The number of piperazine rings is 3. The number of nitrogens with zero attached hydrogens (tertiary/aromatic N) is 14. The van der Waals surface area contributed by atoms with Gasteiger partial charge >= 0.3 is 34.9 Å². The molecule has 0 spiro atoms. The molecule has 3 aromatic heterocycles. The van der Waals surface area contributed by atoms with E-state index in [1.165, 1.54) is 75.4 Å². The van der Waals surface area contributed by atoms with Crippen LogP contribution in [-0.4, -0.2) is 251 Å². The number of nitrogen functional groups attached to an aromatic ring is 1. The zero-order valence-electron chi connectivity index (χ0n) is 42.7. The van der Waals surface area contributed by atoms with Crippen LogP contribution in [0.25, 0.3) is 0 Å². The van der Waals surface area contributed by atoms with E-state index in [2.05, 4.69) is 101 Å². The van der Waals surface area contributed by atoms with E-state index in [1.807, 2.05) is 0 Å². The highest BCUT2D eigenvalue weighted by atomic mass is 35.5. The summed E-state index contributed by atoms with van der Waals surface area (Å²) < 4.78 is 29.6. The highest BCUT2D eigenvalue weighted by molar-refractivity contribution is 6.28. The molecule has 0 aliphatic carbocycles. The highest BCUT2D eigenvalue weighted by Gasteiger charge is 2.28. The van der Waals surface area contributed by atoms with Gasteiger partial charge in [0.2, 0.25) is 28.9 Å². The minimum atomic E-state index is -0.700. The summed E-state index contributed by atoms with van der Waals surface area (Å²) in [4.78, 5) is 58.3. The Bertz CT molecular complexity index is 1970. The van der Waals surface area contributed by atoms with E-state index in [0.717, 1.165) is 97.8 Å². The van der Waals surface area contributed by atoms with E-state index in [0.29, 0.717) is 29.9 Å². The van der Waals surface area contributed by atoms with Gasteiger partial charge in [-0.1, -0.05) is 7.43 Å². The molecule has 0 bridgehead atoms. The number of anilines is 3. The maximum atomic E-state index is 11.1. The van der Waals surface area contributed by atoms with Crippen LogP contribution in [0.15, 0.2) is 0 Å². The third-order valence-electron chi connectivity index (χ3n) is 11.3. The number of ether oxygens (including phenoxy) is 6. The fourth-order valence-corrected chi connectivity index (χ4v) is 7.27. The predicted octanol–water partition coefficient (Wildman–Crippen LogP) is 1.85. The minimum Gasteiger partial charge on any atom is -0.479 e. The van der Waals surface area contributed by atoms with E-state index in [1.54, 1.807) is 0 Å². The lowest BCUT2D eigenvalue weighted by molar-refractivity contribution is -0.387. The largest absolute Gasteiger partial charge is 0.479 e. The molecule has 0 radical (unpaired) electrons. The first-order valence-corrected chi connectivity index (χ1v) is 23.6. The molecule has 72 heavy (non-hydrogen) atoms. The first kappa shape index (κ1) is 62.4. The van der Waals surface area contributed by atoms with Gasteiger partial charge in [-0.25, -0.2) is 0 Å². The Kier molecular flexibility index (Phi) is 29.3. The molecule has 3 saturated heterocycles. The third-order valence-corrected chi connectivity index (χ3v) is 11.5. The average molecular weight is 1040 g/mol. The zero-order chi connectivity index (χ0) is 52.3. The zero-order valence-corrected chi connectivity index (χ0v) is 43.5. The standard InChI is InChI=1S/C14H24N6O4.C14H26N6O2.C8H19N3.C6H6ClN3O4.CH4/c1-18-7-9-19(10-8-18)6-4-5-15-14-16-12(23-2)11(20(21)22)13(17-14)24-3;1-19-7-9-20(10-8-19)6-4-5-16-14-17-12(21-2)11(15)13(18-14)22-3;1-10-5-7-11(8-6-10)4-2-3-9;1-13-4-3(10(11)12)5(14-2)9-6(7)8-4;/h4-10H2,1-3H3,(H,15,16,17);4-10,15H2,1-3H3,(H,16,17,18);2-9H2,1H3;1-2H3;1H4. The van der Waals surface area contributed by atoms with Crippen molar-refractivity contribution in [3.05, 3.63) is 25.5 Å². The lowest BCUT2D eigenvalue weighted by Crippen LogP contribution is -2.44. The predicted molar refractivity (Wildman–Crippen MR) is 277 cm³/mol. The van der Waals surface area contributed by atoms with Crippen molar-refractivity contribution in [2.75, 3.05) is 198 Å². The summed E-state index contributed by atoms with van der Waals surface area (Å²) >= 11 is 5.48. The fourth-order valence-electron chi connectivity index (χ4n) is 7.12. The number of hydrogen-bond donors (Lipinski definition) is 4. The Hall–Kier alpha value is -5.75. The number of hydrogen-bond acceptors (Lipinski definition) is 26. The molecule has 29 heteroatoms. The molecule has 3 aliphatic rings. The molecule has 0 aromatic carbocycles. The maximum Gasteiger partial charge on any atom is 0.392 e. The van der Waals surface area contributed by atoms with Crippen LogP contribution in [0.1, 0.15) is 26.7 Å². The number of likely N-dealkylation sites (N-methyl/N-ethyl adjacent to an activating group) is 3. The van der Waals surface area contributed by atoms with Gasteiger partial charge in [0.25, 0.3) is 0 Å². The van der Waals surface area contributed by atoms with Gasteiger partial charge in [-0.05, 0) is 78.2 Å². The summed E-state index contributed by atoms with van der Waals surface area (Å²) in [5.41, 5.74) is 10.8. The van der Waals surface area contributed by atoms with E-state index in [-0.39, 0.29) is 47.9 Å². The fraction of sp³-hybridized carbons (Fsp3) is 0.721. The SMILES string of the molecule is C.CN1CCN(CCCN)CC1.COc1nc(Cl)nc(OC)c1[N+](=O)[O-].COc1nc(NCCCN2CCN(C)CC2)nc(OC)c1N.COc1nc(NCCCN2CCN(C)CC2)nc(OC)c1[N+](=O)[O-]. The van der Waals surface area contributed by atoms with Crippen molar-refractivity contribution >= 4 is 40.6 Å². The lowest BCUT2D eigenvalue weighted by Gasteiger charge is -2.32. The molecule has 3 fully saturated rings. The quantitative estimate of drug-likeness (QED) is 0.0512. The number of halogens is 1. The van der Waals surface area contributed by atoms with Crippen molar-refractivity contribution in [2.24, 2.45) is 5.73 Å². The normalized spacial score (nSPS) is 15.7. The Morgan fingerprint density at radius 3 is 1.07 bits per heavy atom. The van der Waals surface area contributed by atoms with Crippen molar-refractivity contribution in [3.8, 4) is 35.3 Å². The van der Waals surface area contributed by atoms with Crippen molar-refractivity contribution in [1.29, 1.82) is 0 Å². The molecule has 28 nitrogen and oxygen atoms in total. The number of rotatable bonds is 21. The van der Waals surface area contributed by atoms with Crippen molar-refractivity contribution in [3.63, 3.8) is 0 Å². The smallest absolute Gasteiger partial charge is 0.392 e. The molecule has 6 rings (SSSR count). The number of nitrogens with two attached hydrogens (primary N) is 2. The number of aromatic nitrogens is 6. The van der Waals surface area contributed by atoms with Gasteiger partial charge in [-0.15, -0.1) is 0 Å². The van der Waals surface area contributed by atoms with Gasteiger partial charge in [0.05, 0.1) is 52.5 Å². The second-order valence-corrected chi connectivity index (χ2v) is 16.7. The average Bonchev–Trinajstić information content (AvgIpc) is 3.37. The van der Waals surface area contributed by atoms with E-state index < -0.39 is 15.5 Å². The van der Waals surface area contributed by atoms with Crippen LogP contribution in [-0.2, 0) is 0 Å². The Labute approximate surface area is 428 Å².